The van der Waals surface area contributed by atoms with E-state index in [9.17, 15) is 4.39 Å². The second-order valence-corrected chi connectivity index (χ2v) is 6.06. The molecule has 0 fully saturated rings. The Morgan fingerprint density at radius 3 is 2.81 bits per heavy atom. The molecule has 6 nitrogen and oxygen atoms in total. The van der Waals surface area contributed by atoms with Crippen molar-refractivity contribution in [3.63, 3.8) is 0 Å². The summed E-state index contributed by atoms with van der Waals surface area (Å²) in [4.78, 5) is 8.85. The number of aromatic amines is 1. The van der Waals surface area contributed by atoms with Crippen molar-refractivity contribution in [2.75, 3.05) is 0 Å². The van der Waals surface area contributed by atoms with E-state index in [1.807, 2.05) is 35.9 Å². The average molecular weight is 348 g/mol. The molecule has 4 rings (SSSR count). The van der Waals surface area contributed by atoms with Crippen LogP contribution >= 0.6 is 0 Å². The molecule has 0 unspecified atom stereocenters. The highest BCUT2D eigenvalue weighted by Crippen LogP contribution is 2.23. The summed E-state index contributed by atoms with van der Waals surface area (Å²) in [5.74, 6) is -0.210. The van der Waals surface area contributed by atoms with Crippen LogP contribution in [0.1, 0.15) is 11.3 Å². The van der Waals surface area contributed by atoms with Gasteiger partial charge in [0, 0.05) is 24.5 Å². The van der Waals surface area contributed by atoms with Crippen molar-refractivity contribution in [1.82, 2.24) is 29.9 Å². The van der Waals surface area contributed by atoms with Crippen molar-refractivity contribution in [2.45, 2.75) is 19.9 Å². The molecular weight excluding hydrogens is 331 g/mol. The monoisotopic (exact) mass is 348 g/mol. The van der Waals surface area contributed by atoms with E-state index in [-0.39, 0.29) is 5.82 Å². The number of halogens is 1. The summed E-state index contributed by atoms with van der Waals surface area (Å²) in [5, 5.41) is 10.9. The Labute approximate surface area is 149 Å². The molecule has 0 spiro atoms. The predicted octanol–water partition coefficient (Wildman–Crippen LogP) is 3.42. The molecule has 1 aromatic carbocycles. The summed E-state index contributed by atoms with van der Waals surface area (Å²) in [6.45, 7) is 2.62. The van der Waals surface area contributed by atoms with E-state index in [1.165, 1.54) is 6.07 Å². The number of hydrogen-bond acceptors (Lipinski definition) is 4. The molecule has 0 radical (unpaired) electrons. The zero-order chi connectivity index (χ0) is 17.9. The quantitative estimate of drug-likeness (QED) is 0.600. The smallest absolute Gasteiger partial charge is 0.123 e. The zero-order valence-electron chi connectivity index (χ0n) is 14.2. The second kappa shape index (κ2) is 6.87. The predicted molar refractivity (Wildman–Crippen MR) is 95.7 cm³/mol. The SMILES string of the molecule is Cc1n[nH]nc1-c1ccnc(-c2cn(CCc3cccc(F)c3)cn2)c1. The molecule has 26 heavy (non-hydrogen) atoms. The van der Waals surface area contributed by atoms with Crippen molar-refractivity contribution < 1.29 is 4.39 Å². The molecule has 0 saturated heterocycles. The molecule has 130 valence electrons. The summed E-state index contributed by atoms with van der Waals surface area (Å²) in [6, 6.07) is 10.5. The Morgan fingerprint density at radius 1 is 1.08 bits per heavy atom. The summed E-state index contributed by atoms with van der Waals surface area (Å²) in [5.41, 5.74) is 5.10. The number of aryl methyl sites for hydroxylation is 3. The third-order valence-corrected chi connectivity index (χ3v) is 4.20. The highest BCUT2D eigenvalue weighted by Gasteiger charge is 2.10. The van der Waals surface area contributed by atoms with Crippen LogP contribution in [0.15, 0.2) is 55.1 Å². The third kappa shape index (κ3) is 3.37. The van der Waals surface area contributed by atoms with Crippen LogP contribution < -0.4 is 0 Å². The summed E-state index contributed by atoms with van der Waals surface area (Å²) in [6.07, 6.45) is 6.19. The van der Waals surface area contributed by atoms with Gasteiger partial charge in [-0.25, -0.2) is 9.37 Å². The Balaban J connectivity index is 1.52. The van der Waals surface area contributed by atoms with Gasteiger partial charge in [0.05, 0.1) is 17.7 Å². The first kappa shape index (κ1) is 16.1. The van der Waals surface area contributed by atoms with Crippen molar-refractivity contribution in [2.24, 2.45) is 0 Å². The Hall–Kier alpha value is -3.35. The normalized spacial score (nSPS) is 11.0. The number of H-pyrrole nitrogens is 1. The lowest BCUT2D eigenvalue weighted by molar-refractivity contribution is 0.621. The lowest BCUT2D eigenvalue weighted by atomic mass is 10.1. The molecule has 0 atom stereocenters. The first-order chi connectivity index (χ1) is 12.7. The van der Waals surface area contributed by atoms with Gasteiger partial charge in [0.15, 0.2) is 0 Å². The maximum absolute atomic E-state index is 13.3. The number of rotatable bonds is 5. The van der Waals surface area contributed by atoms with Gasteiger partial charge in [0.1, 0.15) is 17.2 Å². The van der Waals surface area contributed by atoms with Crippen molar-refractivity contribution >= 4 is 0 Å². The minimum atomic E-state index is -0.210. The topological polar surface area (TPSA) is 72.3 Å². The number of nitrogens with one attached hydrogen (secondary N) is 1. The van der Waals surface area contributed by atoms with E-state index in [0.29, 0.717) is 0 Å². The molecule has 3 aromatic heterocycles. The van der Waals surface area contributed by atoms with Gasteiger partial charge in [-0.15, -0.1) is 0 Å². The fraction of sp³-hybridized carbons (Fsp3) is 0.158. The fourth-order valence-electron chi connectivity index (χ4n) is 2.84. The second-order valence-electron chi connectivity index (χ2n) is 6.06. The van der Waals surface area contributed by atoms with Crippen LogP contribution in [-0.2, 0) is 13.0 Å². The van der Waals surface area contributed by atoms with Crippen LogP contribution in [0.5, 0.6) is 0 Å². The first-order valence-corrected chi connectivity index (χ1v) is 8.29. The number of aromatic nitrogens is 6. The maximum atomic E-state index is 13.3. The van der Waals surface area contributed by atoms with E-state index in [1.54, 1.807) is 24.7 Å². The lowest BCUT2D eigenvalue weighted by Gasteiger charge is -2.03. The lowest BCUT2D eigenvalue weighted by Crippen LogP contribution is -1.98. The van der Waals surface area contributed by atoms with Gasteiger partial charge in [-0.3, -0.25) is 4.98 Å². The van der Waals surface area contributed by atoms with Crippen LogP contribution in [0.4, 0.5) is 4.39 Å². The fourth-order valence-corrected chi connectivity index (χ4v) is 2.84. The number of pyridine rings is 1. The van der Waals surface area contributed by atoms with Gasteiger partial charge < -0.3 is 4.57 Å². The molecule has 0 aliphatic rings. The zero-order valence-corrected chi connectivity index (χ0v) is 14.2. The van der Waals surface area contributed by atoms with Crippen molar-refractivity contribution in [3.8, 4) is 22.6 Å². The molecule has 0 aliphatic carbocycles. The third-order valence-electron chi connectivity index (χ3n) is 4.20. The van der Waals surface area contributed by atoms with Crippen LogP contribution in [0.25, 0.3) is 22.6 Å². The van der Waals surface area contributed by atoms with Crippen LogP contribution in [0.2, 0.25) is 0 Å². The van der Waals surface area contributed by atoms with Crippen LogP contribution in [-0.4, -0.2) is 29.9 Å². The van der Waals surface area contributed by atoms with Crippen LogP contribution in [0, 0.1) is 12.7 Å². The summed E-state index contributed by atoms with van der Waals surface area (Å²) < 4.78 is 15.2. The van der Waals surface area contributed by atoms with Gasteiger partial charge in [0.2, 0.25) is 0 Å². The van der Waals surface area contributed by atoms with E-state index in [4.69, 9.17) is 0 Å². The molecule has 0 amide bonds. The Morgan fingerprint density at radius 2 is 2.00 bits per heavy atom. The van der Waals surface area contributed by atoms with E-state index in [2.05, 4.69) is 25.4 Å². The van der Waals surface area contributed by atoms with Gasteiger partial charge in [-0.1, -0.05) is 12.1 Å². The largest absolute Gasteiger partial charge is 0.336 e. The van der Waals surface area contributed by atoms with Crippen LogP contribution in [0.3, 0.4) is 0 Å². The molecule has 1 N–H and O–H groups in total. The Bertz CT molecular complexity index is 1040. The molecule has 4 aromatic rings. The molecule has 3 heterocycles. The van der Waals surface area contributed by atoms with E-state index >= 15 is 0 Å². The molecule has 0 aliphatic heterocycles. The number of benzene rings is 1. The van der Waals surface area contributed by atoms with Gasteiger partial charge in [0.25, 0.3) is 0 Å². The van der Waals surface area contributed by atoms with Gasteiger partial charge in [-0.2, -0.15) is 15.4 Å². The van der Waals surface area contributed by atoms with E-state index < -0.39 is 0 Å². The number of nitrogens with zero attached hydrogens (tertiary/aromatic N) is 5. The average Bonchev–Trinajstić information content (AvgIpc) is 3.29. The van der Waals surface area contributed by atoms with E-state index in [0.717, 1.165) is 46.9 Å². The minimum Gasteiger partial charge on any atom is -0.336 e. The first-order valence-electron chi connectivity index (χ1n) is 8.29. The molecule has 7 heteroatoms. The number of hydrogen-bond donors (Lipinski definition) is 1. The summed E-state index contributed by atoms with van der Waals surface area (Å²) in [7, 11) is 0. The van der Waals surface area contributed by atoms with Crippen molar-refractivity contribution in [3.05, 3.63) is 72.2 Å². The standard InChI is InChI=1S/C19H17FN6/c1-13-19(24-25-23-13)15-5-7-21-17(10-15)18-11-26(12-22-18)8-6-14-3-2-4-16(20)9-14/h2-5,7,9-12H,6,8H2,1H3,(H,23,24,25). The summed E-state index contributed by atoms with van der Waals surface area (Å²) >= 11 is 0. The van der Waals surface area contributed by atoms with Gasteiger partial charge >= 0.3 is 0 Å². The van der Waals surface area contributed by atoms with Gasteiger partial charge in [-0.05, 0) is 43.2 Å². The Kier molecular flexibility index (Phi) is 4.27. The number of imidazole rings is 1. The highest BCUT2D eigenvalue weighted by molar-refractivity contribution is 5.67. The molecular formula is C19H17FN6. The molecule has 0 bridgehead atoms. The molecule has 0 saturated carbocycles. The van der Waals surface area contributed by atoms with Crippen molar-refractivity contribution in [1.29, 1.82) is 0 Å². The minimum absolute atomic E-state index is 0.210. The highest BCUT2D eigenvalue weighted by atomic mass is 19.1. The maximum Gasteiger partial charge on any atom is 0.123 e.